The first-order valence-corrected chi connectivity index (χ1v) is 11.2. The van der Waals surface area contributed by atoms with Crippen LogP contribution in [0.2, 0.25) is 5.02 Å². The number of benzene rings is 2. The molecule has 0 saturated carbocycles. The van der Waals surface area contributed by atoms with Gasteiger partial charge in [-0.05, 0) is 30.3 Å². The fourth-order valence-electron chi connectivity index (χ4n) is 3.89. The molecular weight excluding hydrogens is 442 g/mol. The number of aliphatic imine (C=N–C) groups is 1. The van der Waals surface area contributed by atoms with Gasteiger partial charge in [0.2, 0.25) is 0 Å². The average molecular weight is 470 g/mol. The van der Waals surface area contributed by atoms with Gasteiger partial charge in [0.25, 0.3) is 5.95 Å². The minimum atomic E-state index is -0.0938. The predicted molar refractivity (Wildman–Crippen MR) is 132 cm³/mol. The number of aliphatic hydroxyl groups is 1. The van der Waals surface area contributed by atoms with E-state index in [1.807, 2.05) is 24.3 Å². The molecule has 0 radical (unpaired) electrons. The summed E-state index contributed by atoms with van der Waals surface area (Å²) in [4.78, 5) is 17.8. The Morgan fingerprint density at radius 1 is 1.03 bits per heavy atom. The highest BCUT2D eigenvalue weighted by atomic mass is 35.5. The quantitative estimate of drug-likeness (QED) is 0.260. The topological polar surface area (TPSA) is 126 Å². The zero-order valence-electron chi connectivity index (χ0n) is 18.3. The summed E-state index contributed by atoms with van der Waals surface area (Å²) in [6, 6.07) is 13.8. The Labute approximate surface area is 197 Å². The third-order valence-corrected chi connectivity index (χ3v) is 5.78. The molecule has 33 heavy (non-hydrogen) atoms. The van der Waals surface area contributed by atoms with Crippen LogP contribution in [-0.4, -0.2) is 78.5 Å². The average Bonchev–Trinajstić information content (AvgIpc) is 2.82. The van der Waals surface area contributed by atoms with Gasteiger partial charge in [0.05, 0.1) is 31.0 Å². The van der Waals surface area contributed by atoms with E-state index in [4.69, 9.17) is 32.9 Å². The molecule has 1 aromatic heterocycles. The van der Waals surface area contributed by atoms with Crippen LogP contribution in [0.3, 0.4) is 0 Å². The van der Waals surface area contributed by atoms with Crippen LogP contribution in [0.1, 0.15) is 0 Å². The number of hydrogen-bond acceptors (Lipinski definition) is 7. The van der Waals surface area contributed by atoms with Crippen LogP contribution in [0.15, 0.2) is 47.5 Å². The summed E-state index contributed by atoms with van der Waals surface area (Å²) in [6.07, 6.45) is 0. The summed E-state index contributed by atoms with van der Waals surface area (Å²) in [6.45, 7) is 5.83. The molecule has 10 heteroatoms. The molecule has 1 saturated heterocycles. The number of ether oxygens (including phenoxy) is 1. The molecule has 0 atom stereocenters. The van der Waals surface area contributed by atoms with Crippen molar-refractivity contribution in [2.24, 2.45) is 16.5 Å². The highest BCUT2D eigenvalue weighted by molar-refractivity contribution is 6.31. The number of guanidine groups is 1. The van der Waals surface area contributed by atoms with Gasteiger partial charge in [-0.25, -0.2) is 9.97 Å². The third kappa shape index (κ3) is 5.88. The van der Waals surface area contributed by atoms with E-state index < -0.39 is 0 Å². The summed E-state index contributed by atoms with van der Waals surface area (Å²) < 4.78 is 5.37. The van der Waals surface area contributed by atoms with Gasteiger partial charge in [-0.3, -0.25) is 4.90 Å². The zero-order chi connectivity index (χ0) is 23.2. The Morgan fingerprint density at radius 2 is 1.79 bits per heavy atom. The maximum absolute atomic E-state index is 8.79. The van der Waals surface area contributed by atoms with Crippen LogP contribution in [0.4, 0.5) is 11.6 Å². The van der Waals surface area contributed by atoms with Gasteiger partial charge in [-0.2, -0.15) is 4.99 Å². The van der Waals surface area contributed by atoms with Gasteiger partial charge in [0.1, 0.15) is 0 Å². The lowest BCUT2D eigenvalue weighted by Crippen LogP contribution is -2.47. The van der Waals surface area contributed by atoms with E-state index in [1.54, 1.807) is 6.07 Å². The number of hydrogen-bond donors (Lipinski definition) is 3. The largest absolute Gasteiger partial charge is 0.394 e. The molecule has 2 heterocycles. The van der Waals surface area contributed by atoms with Gasteiger partial charge in [0, 0.05) is 54.4 Å². The van der Waals surface area contributed by atoms with E-state index in [2.05, 4.69) is 36.9 Å². The predicted octanol–water partition coefficient (Wildman–Crippen LogP) is 1.99. The Bertz CT molecular complexity index is 1110. The number of piperazine rings is 1. The smallest absolute Gasteiger partial charge is 0.253 e. The summed E-state index contributed by atoms with van der Waals surface area (Å²) >= 11 is 6.24. The van der Waals surface area contributed by atoms with Crippen molar-refractivity contribution in [2.45, 2.75) is 0 Å². The first kappa shape index (κ1) is 23.2. The minimum absolute atomic E-state index is 0.0667. The number of fused-ring (bicyclic) bond motifs is 1. The lowest BCUT2D eigenvalue weighted by molar-refractivity contribution is 0.0724. The van der Waals surface area contributed by atoms with Crippen LogP contribution in [-0.2, 0) is 4.74 Å². The molecule has 0 unspecified atom stereocenters. The van der Waals surface area contributed by atoms with Gasteiger partial charge < -0.3 is 26.2 Å². The molecule has 174 valence electrons. The number of aromatic nitrogens is 2. The number of nitrogens with zero attached hydrogens (tertiary/aromatic N) is 5. The van der Waals surface area contributed by atoms with Gasteiger partial charge >= 0.3 is 0 Å². The second-order valence-electron chi connectivity index (χ2n) is 7.78. The molecule has 3 aromatic rings. The maximum atomic E-state index is 8.79. The first-order valence-electron chi connectivity index (χ1n) is 10.9. The van der Waals surface area contributed by atoms with Crippen molar-refractivity contribution in [3.05, 3.63) is 47.5 Å². The van der Waals surface area contributed by atoms with Crippen molar-refractivity contribution in [2.75, 3.05) is 57.4 Å². The maximum Gasteiger partial charge on any atom is 0.253 e. The molecule has 0 amide bonds. The van der Waals surface area contributed by atoms with E-state index in [0.717, 1.165) is 55.1 Å². The Hall–Kier alpha value is -2.98. The molecule has 0 spiro atoms. The van der Waals surface area contributed by atoms with E-state index in [-0.39, 0.29) is 18.5 Å². The first-order chi connectivity index (χ1) is 16.0. The molecule has 4 rings (SSSR count). The summed E-state index contributed by atoms with van der Waals surface area (Å²) in [5.74, 6) is 0.117. The Kier molecular flexibility index (Phi) is 7.56. The molecular formula is C23H28ClN7O2. The monoisotopic (exact) mass is 469 g/mol. The van der Waals surface area contributed by atoms with E-state index in [1.165, 1.54) is 0 Å². The molecule has 1 aliphatic rings. The van der Waals surface area contributed by atoms with Gasteiger partial charge in [-0.1, -0.05) is 23.7 Å². The number of nitrogens with two attached hydrogens (primary N) is 2. The van der Waals surface area contributed by atoms with Crippen molar-refractivity contribution >= 4 is 40.1 Å². The molecule has 0 bridgehead atoms. The van der Waals surface area contributed by atoms with E-state index >= 15 is 0 Å². The molecule has 2 aromatic carbocycles. The summed E-state index contributed by atoms with van der Waals surface area (Å²) in [7, 11) is 0. The molecule has 1 fully saturated rings. The number of rotatable bonds is 8. The molecule has 0 aliphatic carbocycles. The van der Waals surface area contributed by atoms with Gasteiger partial charge in [0.15, 0.2) is 5.96 Å². The molecule has 9 nitrogen and oxygen atoms in total. The standard InChI is InChI=1S/C23H28ClN7O2/c24-17-3-6-20-19(15-17)21(28-23(27-20)29-22(25)26)16-1-4-18(5-2-16)31-9-7-30(8-10-31)11-13-33-14-12-32/h1-6,15,32H,7-14H2,(H4,25,26,27,28,29). The van der Waals surface area contributed by atoms with Crippen molar-refractivity contribution in [3.8, 4) is 11.3 Å². The van der Waals surface area contributed by atoms with Crippen molar-refractivity contribution in [3.63, 3.8) is 0 Å². The summed E-state index contributed by atoms with van der Waals surface area (Å²) in [5, 5.41) is 10.2. The second-order valence-corrected chi connectivity index (χ2v) is 8.22. The zero-order valence-corrected chi connectivity index (χ0v) is 19.1. The van der Waals surface area contributed by atoms with Crippen LogP contribution in [0.25, 0.3) is 22.2 Å². The third-order valence-electron chi connectivity index (χ3n) is 5.54. The van der Waals surface area contributed by atoms with Crippen molar-refractivity contribution in [1.82, 2.24) is 14.9 Å². The minimum Gasteiger partial charge on any atom is -0.394 e. The lowest BCUT2D eigenvalue weighted by atomic mass is 10.1. The van der Waals surface area contributed by atoms with Crippen LogP contribution < -0.4 is 16.4 Å². The highest BCUT2D eigenvalue weighted by Gasteiger charge is 2.17. The summed E-state index contributed by atoms with van der Waals surface area (Å²) in [5.41, 5.74) is 14.6. The van der Waals surface area contributed by atoms with Crippen LogP contribution in [0.5, 0.6) is 0 Å². The fraction of sp³-hybridized carbons (Fsp3) is 0.348. The fourth-order valence-corrected chi connectivity index (χ4v) is 4.07. The molecule has 5 N–H and O–H groups in total. The molecule has 1 aliphatic heterocycles. The Balaban J connectivity index is 1.51. The normalized spacial score (nSPS) is 14.5. The lowest BCUT2D eigenvalue weighted by Gasteiger charge is -2.36. The van der Waals surface area contributed by atoms with E-state index in [0.29, 0.717) is 23.8 Å². The number of halogens is 1. The van der Waals surface area contributed by atoms with Crippen LogP contribution >= 0.6 is 11.6 Å². The van der Waals surface area contributed by atoms with Crippen molar-refractivity contribution in [1.29, 1.82) is 0 Å². The number of anilines is 1. The van der Waals surface area contributed by atoms with E-state index in [9.17, 15) is 0 Å². The van der Waals surface area contributed by atoms with Gasteiger partial charge in [-0.15, -0.1) is 0 Å². The Morgan fingerprint density at radius 3 is 2.48 bits per heavy atom. The van der Waals surface area contributed by atoms with Crippen LogP contribution in [0, 0.1) is 0 Å². The number of aliphatic hydroxyl groups excluding tert-OH is 1. The SMILES string of the molecule is NC(N)=Nc1nc(-c2ccc(N3CCN(CCOCCO)CC3)cc2)c2cc(Cl)ccc2n1. The highest BCUT2D eigenvalue weighted by Crippen LogP contribution is 2.31. The second kappa shape index (κ2) is 10.8. The van der Waals surface area contributed by atoms with Crippen molar-refractivity contribution < 1.29 is 9.84 Å².